The zero-order chi connectivity index (χ0) is 22.9. The normalized spacial score (nSPS) is 14.0. The Morgan fingerprint density at radius 3 is 2.69 bits per heavy atom. The number of nitrogens with one attached hydrogen (secondary N) is 2. The molecule has 0 unspecified atom stereocenters. The molecule has 1 fully saturated rings. The van der Waals surface area contributed by atoms with Crippen LogP contribution >= 0.6 is 11.6 Å². The number of aromatic nitrogens is 1. The fraction of sp³-hybridized carbons (Fsp3) is 0.208. The van der Waals surface area contributed by atoms with E-state index >= 15 is 4.39 Å². The standard InChI is InChI=1S/C24H22ClFN4O2/c1-24(9-10-24)21(27)16-11-15(12-29-22(16)28)30-23(31)19-17(25)7-8-18(20(19)26)32-13-14-5-3-2-4-6-14/h2-8,11-12,27H,9-10,13H2,1H3,(H2,28,29)(H,30,31). The minimum absolute atomic E-state index is 0.0473. The molecular formula is C24H22ClFN4O2. The maximum Gasteiger partial charge on any atom is 0.260 e. The van der Waals surface area contributed by atoms with Crippen LogP contribution in [0, 0.1) is 16.6 Å². The minimum atomic E-state index is -0.854. The Bertz CT molecular complexity index is 1200. The van der Waals surface area contributed by atoms with Gasteiger partial charge in [-0.25, -0.2) is 9.37 Å². The van der Waals surface area contributed by atoms with Crippen LogP contribution in [0.5, 0.6) is 5.75 Å². The second kappa shape index (κ2) is 8.59. The van der Waals surface area contributed by atoms with E-state index in [1.165, 1.54) is 18.3 Å². The topological polar surface area (TPSA) is 101 Å². The second-order valence-electron chi connectivity index (χ2n) is 8.06. The molecule has 1 aliphatic rings. The molecule has 1 heterocycles. The number of ether oxygens (including phenoxy) is 1. The van der Waals surface area contributed by atoms with Crippen LogP contribution in [0.4, 0.5) is 15.9 Å². The summed E-state index contributed by atoms with van der Waals surface area (Å²) in [4.78, 5) is 16.9. The first-order valence-electron chi connectivity index (χ1n) is 10.1. The molecule has 0 saturated heterocycles. The molecule has 4 N–H and O–H groups in total. The highest BCUT2D eigenvalue weighted by atomic mass is 35.5. The van der Waals surface area contributed by atoms with Gasteiger partial charge in [0.15, 0.2) is 11.6 Å². The van der Waals surface area contributed by atoms with Gasteiger partial charge in [0, 0.05) is 16.7 Å². The Balaban J connectivity index is 1.55. The van der Waals surface area contributed by atoms with Crippen molar-refractivity contribution >= 4 is 34.7 Å². The zero-order valence-corrected chi connectivity index (χ0v) is 18.2. The second-order valence-corrected chi connectivity index (χ2v) is 8.46. The summed E-state index contributed by atoms with van der Waals surface area (Å²) >= 11 is 6.13. The van der Waals surface area contributed by atoms with E-state index in [4.69, 9.17) is 27.5 Å². The Hall–Kier alpha value is -3.45. The quantitative estimate of drug-likeness (QED) is 0.414. The van der Waals surface area contributed by atoms with E-state index in [9.17, 15) is 4.79 Å². The van der Waals surface area contributed by atoms with Crippen LogP contribution in [-0.2, 0) is 6.61 Å². The Morgan fingerprint density at radius 2 is 2.00 bits per heavy atom. The van der Waals surface area contributed by atoms with Crippen molar-refractivity contribution in [2.24, 2.45) is 5.41 Å². The molecule has 0 bridgehead atoms. The number of halogens is 2. The summed E-state index contributed by atoms with van der Waals surface area (Å²) in [7, 11) is 0. The highest BCUT2D eigenvalue weighted by Gasteiger charge is 2.43. The monoisotopic (exact) mass is 452 g/mol. The minimum Gasteiger partial charge on any atom is -0.486 e. The Kier molecular flexibility index (Phi) is 5.84. The number of carbonyl (C=O) groups is 1. The summed E-state index contributed by atoms with van der Waals surface area (Å²) in [5.41, 5.74) is 7.37. The largest absolute Gasteiger partial charge is 0.486 e. The third-order valence-electron chi connectivity index (χ3n) is 5.57. The van der Waals surface area contributed by atoms with E-state index in [0.29, 0.717) is 17.0 Å². The van der Waals surface area contributed by atoms with Crippen LogP contribution in [0.25, 0.3) is 0 Å². The van der Waals surface area contributed by atoms with Gasteiger partial charge in [-0.05, 0) is 36.6 Å². The van der Waals surface area contributed by atoms with E-state index < -0.39 is 11.7 Å². The number of rotatable bonds is 7. The van der Waals surface area contributed by atoms with Crippen molar-refractivity contribution in [2.75, 3.05) is 11.1 Å². The van der Waals surface area contributed by atoms with Crippen molar-refractivity contribution < 1.29 is 13.9 Å². The van der Waals surface area contributed by atoms with Crippen LogP contribution < -0.4 is 15.8 Å². The number of amides is 1. The first kappa shape index (κ1) is 21.8. The smallest absolute Gasteiger partial charge is 0.260 e. The Labute approximate surface area is 190 Å². The average molecular weight is 453 g/mol. The first-order chi connectivity index (χ1) is 15.3. The molecule has 3 aromatic rings. The van der Waals surface area contributed by atoms with Gasteiger partial charge in [-0.2, -0.15) is 0 Å². The summed E-state index contributed by atoms with van der Waals surface area (Å²) in [6, 6.07) is 13.7. The molecule has 0 aliphatic heterocycles. The van der Waals surface area contributed by atoms with E-state index in [0.717, 1.165) is 18.4 Å². The lowest BCUT2D eigenvalue weighted by molar-refractivity contribution is 0.102. The number of anilines is 2. The predicted molar refractivity (Wildman–Crippen MR) is 123 cm³/mol. The molecule has 1 aromatic heterocycles. The number of nitrogen functional groups attached to an aromatic ring is 1. The van der Waals surface area contributed by atoms with Crippen molar-refractivity contribution in [1.82, 2.24) is 4.98 Å². The average Bonchev–Trinajstić information content (AvgIpc) is 3.53. The van der Waals surface area contributed by atoms with E-state index in [1.807, 2.05) is 37.3 Å². The molecule has 4 rings (SSSR count). The van der Waals surface area contributed by atoms with E-state index in [2.05, 4.69) is 10.3 Å². The molecule has 1 aliphatic carbocycles. The number of hydrogen-bond acceptors (Lipinski definition) is 5. The molecule has 0 spiro atoms. The van der Waals surface area contributed by atoms with Gasteiger partial charge in [-0.1, -0.05) is 48.9 Å². The fourth-order valence-electron chi connectivity index (χ4n) is 3.29. The summed E-state index contributed by atoms with van der Waals surface area (Å²) in [6.45, 7) is 2.13. The molecule has 2 aromatic carbocycles. The summed E-state index contributed by atoms with van der Waals surface area (Å²) in [6.07, 6.45) is 3.16. The van der Waals surface area contributed by atoms with E-state index in [1.54, 1.807) is 6.07 Å². The third-order valence-corrected chi connectivity index (χ3v) is 5.88. The van der Waals surface area contributed by atoms with Crippen LogP contribution in [0.15, 0.2) is 54.7 Å². The summed E-state index contributed by atoms with van der Waals surface area (Å²) < 4.78 is 20.6. The van der Waals surface area contributed by atoms with Crippen LogP contribution in [0.1, 0.15) is 41.3 Å². The first-order valence-corrected chi connectivity index (χ1v) is 10.5. The van der Waals surface area contributed by atoms with Gasteiger partial charge < -0.3 is 21.2 Å². The molecule has 1 amide bonds. The van der Waals surface area contributed by atoms with Crippen molar-refractivity contribution in [3.63, 3.8) is 0 Å². The maximum absolute atomic E-state index is 15.1. The highest BCUT2D eigenvalue weighted by molar-refractivity contribution is 6.34. The molecule has 164 valence electrons. The van der Waals surface area contributed by atoms with Crippen LogP contribution in [-0.4, -0.2) is 16.6 Å². The van der Waals surface area contributed by atoms with E-state index in [-0.39, 0.29) is 34.2 Å². The molecular weight excluding hydrogens is 431 g/mol. The lowest BCUT2D eigenvalue weighted by Crippen LogP contribution is -2.18. The predicted octanol–water partition coefficient (Wildman–Crippen LogP) is 5.46. The summed E-state index contributed by atoms with van der Waals surface area (Å²) in [5, 5.41) is 11.0. The SMILES string of the molecule is CC1(C(=N)c2cc(NC(=O)c3c(Cl)ccc(OCc4ccccc4)c3F)cnc2N)CC1. The van der Waals surface area contributed by atoms with Gasteiger partial charge in [-0.15, -0.1) is 0 Å². The maximum atomic E-state index is 15.1. The van der Waals surface area contributed by atoms with Gasteiger partial charge in [0.25, 0.3) is 5.91 Å². The van der Waals surface area contributed by atoms with Gasteiger partial charge in [0.2, 0.25) is 0 Å². The lowest BCUT2D eigenvalue weighted by Gasteiger charge is -2.15. The van der Waals surface area contributed by atoms with Crippen molar-refractivity contribution in [1.29, 1.82) is 5.41 Å². The summed E-state index contributed by atoms with van der Waals surface area (Å²) in [5.74, 6) is -1.48. The molecule has 1 saturated carbocycles. The third kappa shape index (κ3) is 4.43. The highest BCUT2D eigenvalue weighted by Crippen LogP contribution is 2.48. The lowest BCUT2D eigenvalue weighted by atomic mass is 9.96. The number of benzene rings is 2. The number of pyridine rings is 1. The number of nitrogens with two attached hydrogens (primary N) is 1. The molecule has 6 nitrogen and oxygen atoms in total. The van der Waals surface area contributed by atoms with Gasteiger partial charge >= 0.3 is 0 Å². The fourth-order valence-corrected chi connectivity index (χ4v) is 3.52. The zero-order valence-electron chi connectivity index (χ0n) is 17.4. The van der Waals surface area contributed by atoms with Gasteiger partial charge in [-0.3, -0.25) is 4.79 Å². The molecule has 32 heavy (non-hydrogen) atoms. The number of nitrogens with zero attached hydrogens (tertiary/aromatic N) is 1. The van der Waals surface area contributed by atoms with Crippen molar-refractivity contribution in [2.45, 2.75) is 26.4 Å². The number of hydrogen-bond donors (Lipinski definition) is 3. The molecule has 0 radical (unpaired) electrons. The van der Waals surface area contributed by atoms with Crippen LogP contribution in [0.2, 0.25) is 5.02 Å². The van der Waals surface area contributed by atoms with Gasteiger partial charge in [0.1, 0.15) is 12.4 Å². The van der Waals surface area contributed by atoms with Crippen LogP contribution in [0.3, 0.4) is 0 Å². The molecule has 0 atom stereocenters. The molecule has 8 heteroatoms. The van der Waals surface area contributed by atoms with Crippen molar-refractivity contribution in [3.8, 4) is 5.75 Å². The van der Waals surface area contributed by atoms with Gasteiger partial charge in [0.05, 0.1) is 22.5 Å². The Morgan fingerprint density at radius 1 is 1.28 bits per heavy atom. The van der Waals surface area contributed by atoms with Crippen molar-refractivity contribution in [3.05, 3.63) is 82.3 Å². The number of carbonyl (C=O) groups excluding carboxylic acids is 1.